The summed E-state index contributed by atoms with van der Waals surface area (Å²) in [5.41, 5.74) is 1.17. The van der Waals surface area contributed by atoms with Crippen LogP contribution in [0.15, 0.2) is 18.2 Å². The molecule has 2 N–H and O–H groups in total. The van der Waals surface area contributed by atoms with Gasteiger partial charge in [0.25, 0.3) is 0 Å². The molecule has 0 amide bonds. The van der Waals surface area contributed by atoms with Crippen molar-refractivity contribution >= 4 is 5.69 Å². The maximum absolute atomic E-state index is 5.38. The van der Waals surface area contributed by atoms with Crippen molar-refractivity contribution in [2.75, 3.05) is 31.4 Å². The second-order valence-electron chi connectivity index (χ2n) is 4.47. The number of benzene rings is 1. The third-order valence-electron chi connectivity index (χ3n) is 3.34. The van der Waals surface area contributed by atoms with Crippen molar-refractivity contribution in [3.63, 3.8) is 0 Å². The molecule has 3 rings (SSSR count). The van der Waals surface area contributed by atoms with Crippen LogP contribution < -0.4 is 20.3 Å². The highest BCUT2D eigenvalue weighted by molar-refractivity contribution is 5.57. The monoisotopic (exact) mass is 236 g/mol. The summed E-state index contributed by atoms with van der Waals surface area (Å²) < 4.78 is 10.7. The van der Waals surface area contributed by atoms with Gasteiger partial charge in [-0.05, 0) is 18.6 Å². The molecule has 1 aromatic carbocycles. The normalized spacial score (nSPS) is 22.2. The molecule has 1 unspecified atom stereocenters. The lowest BCUT2D eigenvalue weighted by atomic mass is 10.1. The molecule has 0 aromatic heterocycles. The van der Waals surface area contributed by atoms with Gasteiger partial charge in [-0.3, -0.25) is 0 Å². The number of nitrogens with zero attached hydrogens (tertiary/aromatic N) is 1. The molecule has 0 radical (unpaired) electrons. The van der Waals surface area contributed by atoms with Crippen LogP contribution in [-0.4, -0.2) is 26.5 Å². The first-order valence-corrected chi connectivity index (χ1v) is 5.83. The van der Waals surface area contributed by atoms with E-state index in [4.69, 9.17) is 20.2 Å². The molecule has 1 aromatic rings. The zero-order valence-electron chi connectivity index (χ0n) is 9.59. The number of hydrogen-bond donors (Lipinski definition) is 1. The van der Waals surface area contributed by atoms with Crippen molar-refractivity contribution in [1.82, 2.24) is 0 Å². The predicted octanol–water partition coefficient (Wildman–Crippen LogP) is 1.13. The van der Waals surface area contributed by atoms with E-state index in [2.05, 4.69) is 11.0 Å². The van der Waals surface area contributed by atoms with Crippen molar-refractivity contribution in [3.8, 4) is 11.5 Å². The Kier molecular flexibility index (Phi) is 2.78. The summed E-state index contributed by atoms with van der Waals surface area (Å²) in [6.45, 7) is 2.97. The molecular formula is C12H16N2O3. The topological polar surface area (TPSA) is 57.0 Å². The Hall–Kier alpha value is -1.46. The van der Waals surface area contributed by atoms with Crippen LogP contribution in [0.5, 0.6) is 11.5 Å². The average Bonchev–Trinajstić information content (AvgIpc) is 2.96. The average molecular weight is 236 g/mol. The molecule has 0 aliphatic carbocycles. The Balaban J connectivity index is 1.73. The number of ether oxygens (including phenoxy) is 2. The summed E-state index contributed by atoms with van der Waals surface area (Å²) in [6, 6.07) is 6.07. The van der Waals surface area contributed by atoms with E-state index in [1.54, 1.807) is 0 Å². The molecule has 1 saturated heterocycles. The first kappa shape index (κ1) is 10.7. The number of hydrogen-bond acceptors (Lipinski definition) is 5. The Morgan fingerprint density at radius 2 is 2.24 bits per heavy atom. The maximum Gasteiger partial charge on any atom is 0.231 e. The lowest BCUT2D eigenvalue weighted by Gasteiger charge is -2.18. The van der Waals surface area contributed by atoms with Gasteiger partial charge in [-0.25, -0.2) is 5.90 Å². The van der Waals surface area contributed by atoms with E-state index in [-0.39, 0.29) is 0 Å². The minimum Gasteiger partial charge on any atom is -0.454 e. The SMILES string of the molecule is NOCC1CCN(c2ccc3c(c2)OCO3)C1. The standard InChI is InChI=1S/C12H16N2O3/c13-17-7-9-3-4-14(6-9)10-1-2-11-12(5-10)16-8-15-11/h1-2,5,9H,3-4,6-8,13H2. The molecule has 5 nitrogen and oxygen atoms in total. The molecule has 2 aliphatic rings. The Bertz CT molecular complexity index is 411. The van der Waals surface area contributed by atoms with Crippen LogP contribution in [0.3, 0.4) is 0 Å². The van der Waals surface area contributed by atoms with Gasteiger partial charge in [0.1, 0.15) is 0 Å². The third-order valence-corrected chi connectivity index (χ3v) is 3.34. The van der Waals surface area contributed by atoms with E-state index in [0.717, 1.165) is 31.0 Å². The Morgan fingerprint density at radius 1 is 1.35 bits per heavy atom. The fraction of sp³-hybridized carbons (Fsp3) is 0.500. The minimum absolute atomic E-state index is 0.322. The second kappa shape index (κ2) is 4.43. The van der Waals surface area contributed by atoms with Gasteiger partial charge in [0.15, 0.2) is 11.5 Å². The summed E-state index contributed by atoms with van der Waals surface area (Å²) in [5.74, 6) is 7.29. The van der Waals surface area contributed by atoms with E-state index in [9.17, 15) is 0 Å². The largest absolute Gasteiger partial charge is 0.454 e. The van der Waals surface area contributed by atoms with E-state index in [0.29, 0.717) is 19.3 Å². The Labute approximate surface area is 100 Å². The highest BCUT2D eigenvalue weighted by Gasteiger charge is 2.24. The van der Waals surface area contributed by atoms with Gasteiger partial charge in [-0.2, -0.15) is 0 Å². The summed E-state index contributed by atoms with van der Waals surface area (Å²) in [7, 11) is 0. The zero-order chi connectivity index (χ0) is 11.7. The quantitative estimate of drug-likeness (QED) is 0.797. The van der Waals surface area contributed by atoms with Crippen molar-refractivity contribution in [2.45, 2.75) is 6.42 Å². The van der Waals surface area contributed by atoms with Gasteiger partial charge >= 0.3 is 0 Å². The summed E-state index contributed by atoms with van der Waals surface area (Å²) >= 11 is 0. The summed E-state index contributed by atoms with van der Waals surface area (Å²) in [5, 5.41) is 0. The van der Waals surface area contributed by atoms with E-state index in [1.165, 1.54) is 5.69 Å². The fourth-order valence-corrected chi connectivity index (χ4v) is 2.42. The molecule has 1 fully saturated rings. The van der Waals surface area contributed by atoms with Gasteiger partial charge in [0.05, 0.1) is 6.61 Å². The minimum atomic E-state index is 0.322. The first-order chi connectivity index (χ1) is 8.36. The van der Waals surface area contributed by atoms with E-state index >= 15 is 0 Å². The number of anilines is 1. The highest BCUT2D eigenvalue weighted by atomic mass is 16.7. The lowest BCUT2D eigenvalue weighted by molar-refractivity contribution is 0.108. The van der Waals surface area contributed by atoms with Crippen LogP contribution in [-0.2, 0) is 4.84 Å². The Morgan fingerprint density at radius 3 is 3.12 bits per heavy atom. The van der Waals surface area contributed by atoms with E-state index < -0.39 is 0 Å². The molecule has 2 aliphatic heterocycles. The van der Waals surface area contributed by atoms with Gasteiger partial charge in [-0.1, -0.05) is 0 Å². The van der Waals surface area contributed by atoms with Gasteiger partial charge < -0.3 is 19.2 Å². The third kappa shape index (κ3) is 2.03. The molecule has 5 heteroatoms. The lowest BCUT2D eigenvalue weighted by Crippen LogP contribution is -2.21. The fourth-order valence-electron chi connectivity index (χ4n) is 2.42. The number of fused-ring (bicyclic) bond motifs is 1. The van der Waals surface area contributed by atoms with Crippen LogP contribution in [0.4, 0.5) is 5.69 Å². The van der Waals surface area contributed by atoms with Crippen molar-refractivity contribution in [3.05, 3.63) is 18.2 Å². The molecule has 17 heavy (non-hydrogen) atoms. The first-order valence-electron chi connectivity index (χ1n) is 5.83. The molecule has 0 spiro atoms. The van der Waals surface area contributed by atoms with Crippen LogP contribution in [0.1, 0.15) is 6.42 Å². The smallest absolute Gasteiger partial charge is 0.231 e. The molecular weight excluding hydrogens is 220 g/mol. The van der Waals surface area contributed by atoms with Crippen LogP contribution in [0.25, 0.3) is 0 Å². The van der Waals surface area contributed by atoms with Crippen molar-refractivity contribution < 1.29 is 14.3 Å². The molecule has 0 saturated carbocycles. The highest BCUT2D eigenvalue weighted by Crippen LogP contribution is 2.36. The summed E-state index contributed by atoms with van der Waals surface area (Å²) in [4.78, 5) is 7.04. The molecule has 1 atom stereocenters. The van der Waals surface area contributed by atoms with Crippen LogP contribution in [0, 0.1) is 5.92 Å². The molecule has 0 bridgehead atoms. The number of rotatable bonds is 3. The van der Waals surface area contributed by atoms with Crippen molar-refractivity contribution in [1.29, 1.82) is 0 Å². The second-order valence-corrected chi connectivity index (χ2v) is 4.47. The molecule has 2 heterocycles. The van der Waals surface area contributed by atoms with E-state index in [1.807, 2.05) is 12.1 Å². The predicted molar refractivity (Wildman–Crippen MR) is 63.0 cm³/mol. The van der Waals surface area contributed by atoms with Crippen molar-refractivity contribution in [2.24, 2.45) is 11.8 Å². The van der Waals surface area contributed by atoms with Gasteiger partial charge in [0.2, 0.25) is 6.79 Å². The van der Waals surface area contributed by atoms with Gasteiger partial charge in [-0.15, -0.1) is 0 Å². The van der Waals surface area contributed by atoms with Crippen LogP contribution >= 0.6 is 0 Å². The van der Waals surface area contributed by atoms with Gasteiger partial charge in [0, 0.05) is 30.8 Å². The molecule has 92 valence electrons. The summed E-state index contributed by atoms with van der Waals surface area (Å²) in [6.07, 6.45) is 1.12. The van der Waals surface area contributed by atoms with Crippen LogP contribution in [0.2, 0.25) is 0 Å². The number of nitrogens with two attached hydrogens (primary N) is 1. The maximum atomic E-state index is 5.38. The zero-order valence-corrected chi connectivity index (χ0v) is 9.59.